The Labute approximate surface area is 137 Å². The summed E-state index contributed by atoms with van der Waals surface area (Å²) in [5, 5.41) is 2.79. The van der Waals surface area contributed by atoms with Crippen molar-refractivity contribution in [3.8, 4) is 0 Å². The average Bonchev–Trinajstić information content (AvgIpc) is 2.47. The summed E-state index contributed by atoms with van der Waals surface area (Å²) >= 11 is 0. The van der Waals surface area contributed by atoms with Gasteiger partial charge in [-0.3, -0.25) is 9.59 Å². The number of rotatable bonds is 9. The molecule has 0 spiro atoms. The Bertz CT molecular complexity index is 503. The molecule has 6 heteroatoms. The second-order valence-corrected chi connectivity index (χ2v) is 5.82. The number of halogens is 1. The summed E-state index contributed by atoms with van der Waals surface area (Å²) in [6.45, 7) is 3.45. The Kier molecular flexibility index (Phi) is 8.26. The molecular formula is C17H26FN3O2. The van der Waals surface area contributed by atoms with E-state index < -0.39 is 0 Å². The molecule has 0 aliphatic heterocycles. The maximum atomic E-state index is 12.8. The number of carbonyl (C=O) groups is 2. The standard InChI is InChI=1S/C17H26FN3O2/c1-14(22)21(12-4-11-20(2)3)13-17(23)19-10-9-15-5-7-16(18)8-6-15/h5-8H,4,9-13H2,1-3H3,(H,19,23). The van der Waals surface area contributed by atoms with Crippen molar-refractivity contribution in [2.75, 3.05) is 40.3 Å². The van der Waals surface area contributed by atoms with Crippen LogP contribution in [0.5, 0.6) is 0 Å². The molecule has 5 nitrogen and oxygen atoms in total. The molecule has 0 unspecified atom stereocenters. The van der Waals surface area contributed by atoms with Crippen molar-refractivity contribution >= 4 is 11.8 Å². The van der Waals surface area contributed by atoms with E-state index in [1.807, 2.05) is 19.0 Å². The number of benzene rings is 1. The number of hydrogen-bond acceptors (Lipinski definition) is 3. The van der Waals surface area contributed by atoms with E-state index in [0.29, 0.717) is 19.5 Å². The zero-order chi connectivity index (χ0) is 17.2. The maximum absolute atomic E-state index is 12.8. The molecule has 2 amide bonds. The highest BCUT2D eigenvalue weighted by atomic mass is 19.1. The summed E-state index contributed by atoms with van der Waals surface area (Å²) in [6, 6.07) is 6.20. The monoisotopic (exact) mass is 323 g/mol. The van der Waals surface area contributed by atoms with Crippen LogP contribution >= 0.6 is 0 Å². The van der Waals surface area contributed by atoms with Crippen LogP contribution in [0, 0.1) is 5.82 Å². The summed E-state index contributed by atoms with van der Waals surface area (Å²) in [5.74, 6) is -0.544. The number of amides is 2. The zero-order valence-electron chi connectivity index (χ0n) is 14.1. The van der Waals surface area contributed by atoms with Gasteiger partial charge in [-0.2, -0.15) is 0 Å². The predicted octanol–water partition coefficient (Wildman–Crippen LogP) is 1.28. The number of nitrogens with one attached hydrogen (secondary N) is 1. The van der Waals surface area contributed by atoms with Gasteiger partial charge in [0.1, 0.15) is 5.82 Å². The Balaban J connectivity index is 2.31. The molecule has 0 aromatic heterocycles. The molecule has 0 saturated carbocycles. The van der Waals surface area contributed by atoms with Gasteiger partial charge in [-0.25, -0.2) is 4.39 Å². The predicted molar refractivity (Wildman–Crippen MR) is 88.5 cm³/mol. The van der Waals surface area contributed by atoms with Gasteiger partial charge in [-0.1, -0.05) is 12.1 Å². The summed E-state index contributed by atoms with van der Waals surface area (Å²) < 4.78 is 12.8. The highest BCUT2D eigenvalue weighted by Gasteiger charge is 2.13. The number of hydrogen-bond donors (Lipinski definition) is 1. The normalized spacial score (nSPS) is 10.7. The van der Waals surface area contributed by atoms with Crippen LogP contribution in [0.25, 0.3) is 0 Å². The number of carbonyl (C=O) groups excluding carboxylic acids is 2. The van der Waals surface area contributed by atoms with Crippen molar-refractivity contribution in [2.45, 2.75) is 19.8 Å². The Hall–Kier alpha value is -1.95. The molecule has 23 heavy (non-hydrogen) atoms. The molecule has 0 fully saturated rings. The van der Waals surface area contributed by atoms with E-state index in [1.54, 1.807) is 17.0 Å². The van der Waals surface area contributed by atoms with Crippen LogP contribution in [0.2, 0.25) is 0 Å². The van der Waals surface area contributed by atoms with Crippen LogP contribution in [0.15, 0.2) is 24.3 Å². The fourth-order valence-corrected chi connectivity index (χ4v) is 2.15. The van der Waals surface area contributed by atoms with Gasteiger partial charge in [-0.15, -0.1) is 0 Å². The van der Waals surface area contributed by atoms with E-state index in [9.17, 15) is 14.0 Å². The molecule has 0 heterocycles. The van der Waals surface area contributed by atoms with Gasteiger partial charge in [0.15, 0.2) is 0 Å². The topological polar surface area (TPSA) is 52.7 Å². The van der Waals surface area contributed by atoms with Crippen molar-refractivity contribution < 1.29 is 14.0 Å². The average molecular weight is 323 g/mol. The quantitative estimate of drug-likeness (QED) is 0.745. The van der Waals surface area contributed by atoms with E-state index in [2.05, 4.69) is 5.32 Å². The lowest BCUT2D eigenvalue weighted by molar-refractivity contribution is -0.134. The molecule has 0 radical (unpaired) electrons. The minimum absolute atomic E-state index is 0.0756. The molecule has 1 aromatic carbocycles. The minimum atomic E-state index is -0.271. The van der Waals surface area contributed by atoms with E-state index in [0.717, 1.165) is 18.5 Å². The Morgan fingerprint density at radius 2 is 1.78 bits per heavy atom. The lowest BCUT2D eigenvalue weighted by Crippen LogP contribution is -2.41. The van der Waals surface area contributed by atoms with Gasteiger partial charge in [0.05, 0.1) is 6.54 Å². The Morgan fingerprint density at radius 3 is 2.35 bits per heavy atom. The third kappa shape index (κ3) is 8.30. The fourth-order valence-electron chi connectivity index (χ4n) is 2.15. The summed E-state index contributed by atoms with van der Waals surface area (Å²) in [5.41, 5.74) is 0.959. The van der Waals surface area contributed by atoms with Crippen LogP contribution in [0.4, 0.5) is 4.39 Å². The van der Waals surface area contributed by atoms with Crippen molar-refractivity contribution in [3.05, 3.63) is 35.6 Å². The molecule has 128 valence electrons. The second-order valence-electron chi connectivity index (χ2n) is 5.82. The van der Waals surface area contributed by atoms with Gasteiger partial charge in [-0.05, 0) is 51.2 Å². The van der Waals surface area contributed by atoms with Gasteiger partial charge >= 0.3 is 0 Å². The van der Waals surface area contributed by atoms with Crippen molar-refractivity contribution in [1.29, 1.82) is 0 Å². The molecule has 0 atom stereocenters. The summed E-state index contributed by atoms with van der Waals surface area (Å²) in [4.78, 5) is 27.1. The van der Waals surface area contributed by atoms with Gasteiger partial charge in [0, 0.05) is 20.0 Å². The lowest BCUT2D eigenvalue weighted by atomic mass is 10.1. The molecule has 0 aliphatic carbocycles. The van der Waals surface area contributed by atoms with Crippen LogP contribution < -0.4 is 5.32 Å². The van der Waals surface area contributed by atoms with Crippen LogP contribution in [-0.4, -0.2) is 61.9 Å². The first-order chi connectivity index (χ1) is 10.9. The molecule has 1 N–H and O–H groups in total. The molecule has 1 rings (SSSR count). The molecule has 1 aromatic rings. The SMILES string of the molecule is CC(=O)N(CCCN(C)C)CC(=O)NCCc1ccc(F)cc1. The molecule has 0 aliphatic rings. The maximum Gasteiger partial charge on any atom is 0.239 e. The van der Waals surface area contributed by atoms with Crippen molar-refractivity contribution in [1.82, 2.24) is 15.1 Å². The molecule has 0 bridgehead atoms. The number of nitrogens with zero attached hydrogens (tertiary/aromatic N) is 2. The smallest absolute Gasteiger partial charge is 0.239 e. The van der Waals surface area contributed by atoms with Crippen LogP contribution in [0.1, 0.15) is 18.9 Å². The van der Waals surface area contributed by atoms with Crippen molar-refractivity contribution in [2.24, 2.45) is 0 Å². The van der Waals surface area contributed by atoms with E-state index >= 15 is 0 Å². The highest BCUT2D eigenvalue weighted by Crippen LogP contribution is 2.02. The summed E-state index contributed by atoms with van der Waals surface area (Å²) in [6.07, 6.45) is 1.46. The Morgan fingerprint density at radius 1 is 1.13 bits per heavy atom. The van der Waals surface area contributed by atoms with Gasteiger partial charge in [0.2, 0.25) is 11.8 Å². The first-order valence-corrected chi connectivity index (χ1v) is 7.80. The van der Waals surface area contributed by atoms with E-state index in [1.165, 1.54) is 19.1 Å². The molecular weight excluding hydrogens is 297 g/mol. The molecule has 0 saturated heterocycles. The van der Waals surface area contributed by atoms with Crippen LogP contribution in [-0.2, 0) is 16.0 Å². The first kappa shape index (κ1) is 19.1. The minimum Gasteiger partial charge on any atom is -0.354 e. The lowest BCUT2D eigenvalue weighted by Gasteiger charge is -2.21. The largest absolute Gasteiger partial charge is 0.354 e. The van der Waals surface area contributed by atoms with E-state index in [-0.39, 0.29) is 24.2 Å². The summed E-state index contributed by atoms with van der Waals surface area (Å²) in [7, 11) is 3.94. The third-order valence-electron chi connectivity index (χ3n) is 3.46. The van der Waals surface area contributed by atoms with Gasteiger partial charge < -0.3 is 15.1 Å². The van der Waals surface area contributed by atoms with E-state index in [4.69, 9.17) is 0 Å². The van der Waals surface area contributed by atoms with Gasteiger partial charge in [0.25, 0.3) is 0 Å². The third-order valence-corrected chi connectivity index (χ3v) is 3.46. The van der Waals surface area contributed by atoms with Crippen molar-refractivity contribution in [3.63, 3.8) is 0 Å². The fraction of sp³-hybridized carbons (Fsp3) is 0.529. The van der Waals surface area contributed by atoms with Crippen LogP contribution in [0.3, 0.4) is 0 Å². The second kappa shape index (κ2) is 9.94. The highest BCUT2D eigenvalue weighted by molar-refractivity contribution is 5.83. The zero-order valence-corrected chi connectivity index (χ0v) is 14.1. The first-order valence-electron chi connectivity index (χ1n) is 7.80.